The van der Waals surface area contributed by atoms with Crippen molar-refractivity contribution in [3.05, 3.63) is 48.0 Å². The van der Waals surface area contributed by atoms with E-state index in [1.165, 1.54) is 19.2 Å². The number of carboxylic acids is 1. The summed E-state index contributed by atoms with van der Waals surface area (Å²) in [6, 6.07) is 11.2. The Hall–Kier alpha value is -2.74. The molecule has 2 rings (SSSR count). The van der Waals surface area contributed by atoms with Crippen molar-refractivity contribution in [2.45, 2.75) is 24.7 Å². The Morgan fingerprint density at radius 2 is 1.88 bits per heavy atom. The zero-order valence-electron chi connectivity index (χ0n) is 14.6. The molecule has 0 atom stereocenters. The molecule has 2 aromatic rings. The van der Waals surface area contributed by atoms with Gasteiger partial charge < -0.3 is 14.6 Å². The molecule has 2 N–H and O–H groups in total. The van der Waals surface area contributed by atoms with Gasteiger partial charge >= 0.3 is 5.97 Å². The number of rotatable bonds is 9. The number of para-hydroxylation sites is 2. The number of nitrogens with one attached hydrogen (secondary N) is 1. The largest absolute Gasteiger partial charge is 0.495 e. The molecule has 7 nitrogen and oxygen atoms in total. The number of benzene rings is 2. The number of anilines is 1. The van der Waals surface area contributed by atoms with Crippen molar-refractivity contribution in [3.63, 3.8) is 0 Å². The number of methoxy groups -OCH3 is 1. The van der Waals surface area contributed by atoms with E-state index in [0.717, 1.165) is 0 Å². The van der Waals surface area contributed by atoms with Gasteiger partial charge in [0.15, 0.2) is 0 Å². The molecule has 0 amide bonds. The highest BCUT2D eigenvalue weighted by atomic mass is 32.2. The highest BCUT2D eigenvalue weighted by Gasteiger charge is 2.17. The maximum Gasteiger partial charge on any atom is 0.303 e. The van der Waals surface area contributed by atoms with E-state index in [4.69, 9.17) is 14.6 Å². The predicted molar refractivity (Wildman–Crippen MR) is 97.3 cm³/mol. The van der Waals surface area contributed by atoms with Crippen molar-refractivity contribution in [1.29, 1.82) is 0 Å². The van der Waals surface area contributed by atoms with Gasteiger partial charge in [-0.25, -0.2) is 8.42 Å². The van der Waals surface area contributed by atoms with E-state index in [1.807, 2.05) is 0 Å². The van der Waals surface area contributed by atoms with E-state index in [1.54, 1.807) is 37.3 Å². The van der Waals surface area contributed by atoms with Crippen LogP contribution >= 0.6 is 0 Å². The number of aryl methyl sites for hydroxylation is 1. The van der Waals surface area contributed by atoms with Gasteiger partial charge in [0.1, 0.15) is 11.5 Å². The molecule has 0 saturated carbocycles. The fourth-order valence-electron chi connectivity index (χ4n) is 2.29. The molecule has 0 spiro atoms. The normalized spacial score (nSPS) is 11.0. The average molecular weight is 379 g/mol. The molecule has 0 aliphatic carbocycles. The molecule has 0 bridgehead atoms. The molecule has 26 heavy (non-hydrogen) atoms. The van der Waals surface area contributed by atoms with E-state index >= 15 is 0 Å². The SMILES string of the molecule is COc1ccccc1NS(=O)(=O)c1ccc(OCCCC(=O)O)c(C)c1. The van der Waals surface area contributed by atoms with Crippen LogP contribution in [0.2, 0.25) is 0 Å². The van der Waals surface area contributed by atoms with Crippen LogP contribution in [0.4, 0.5) is 5.69 Å². The molecular weight excluding hydrogens is 358 g/mol. The second-order valence-corrected chi connectivity index (χ2v) is 7.26. The molecule has 0 aliphatic heterocycles. The van der Waals surface area contributed by atoms with Crippen LogP contribution in [-0.4, -0.2) is 33.2 Å². The Morgan fingerprint density at radius 3 is 2.54 bits per heavy atom. The van der Waals surface area contributed by atoms with Gasteiger partial charge in [-0.1, -0.05) is 12.1 Å². The van der Waals surface area contributed by atoms with Crippen LogP contribution in [0.25, 0.3) is 0 Å². The summed E-state index contributed by atoms with van der Waals surface area (Å²) < 4.78 is 38.4. The molecular formula is C18H21NO6S. The summed E-state index contributed by atoms with van der Waals surface area (Å²) >= 11 is 0. The molecule has 0 saturated heterocycles. The minimum absolute atomic E-state index is 0.0222. The lowest BCUT2D eigenvalue weighted by Crippen LogP contribution is -2.14. The molecule has 0 unspecified atom stereocenters. The Morgan fingerprint density at radius 1 is 1.15 bits per heavy atom. The van der Waals surface area contributed by atoms with E-state index in [2.05, 4.69) is 4.72 Å². The maximum absolute atomic E-state index is 12.6. The van der Waals surface area contributed by atoms with Gasteiger partial charge in [0.2, 0.25) is 0 Å². The van der Waals surface area contributed by atoms with Crippen LogP contribution in [0, 0.1) is 6.92 Å². The summed E-state index contributed by atoms with van der Waals surface area (Å²) in [6.07, 6.45) is 0.401. The van der Waals surface area contributed by atoms with Crippen molar-refractivity contribution in [2.24, 2.45) is 0 Å². The quantitative estimate of drug-likeness (QED) is 0.649. The van der Waals surface area contributed by atoms with Crippen molar-refractivity contribution in [2.75, 3.05) is 18.4 Å². The number of carbonyl (C=O) groups is 1. The average Bonchev–Trinajstić information content (AvgIpc) is 2.59. The number of ether oxygens (including phenoxy) is 2. The standard InChI is InChI=1S/C18H21NO6S/c1-13-12-14(9-10-16(13)25-11-5-8-18(20)21)26(22,23)19-15-6-3-4-7-17(15)24-2/h3-4,6-7,9-10,12,19H,5,8,11H2,1-2H3,(H,20,21). The van der Waals surface area contributed by atoms with Gasteiger partial charge in [-0.05, 0) is 49.2 Å². The van der Waals surface area contributed by atoms with Crippen LogP contribution in [0.5, 0.6) is 11.5 Å². The van der Waals surface area contributed by atoms with Gasteiger partial charge in [0.05, 0.1) is 24.3 Å². The fourth-order valence-corrected chi connectivity index (χ4v) is 3.44. The zero-order valence-corrected chi connectivity index (χ0v) is 15.4. The zero-order chi connectivity index (χ0) is 19.2. The van der Waals surface area contributed by atoms with Gasteiger partial charge in [-0.2, -0.15) is 0 Å². The lowest BCUT2D eigenvalue weighted by molar-refractivity contribution is -0.137. The second-order valence-electron chi connectivity index (χ2n) is 5.58. The smallest absolute Gasteiger partial charge is 0.303 e. The monoisotopic (exact) mass is 379 g/mol. The predicted octanol–water partition coefficient (Wildman–Crippen LogP) is 3.05. The van der Waals surface area contributed by atoms with Crippen molar-refractivity contribution in [3.8, 4) is 11.5 Å². The van der Waals surface area contributed by atoms with Crippen LogP contribution < -0.4 is 14.2 Å². The molecule has 0 fully saturated rings. The summed E-state index contributed by atoms with van der Waals surface area (Å²) in [7, 11) is -2.32. The lowest BCUT2D eigenvalue weighted by atomic mass is 10.2. The number of hydrogen-bond donors (Lipinski definition) is 2. The van der Waals surface area contributed by atoms with Gasteiger partial charge in [0.25, 0.3) is 10.0 Å². The van der Waals surface area contributed by atoms with Gasteiger partial charge in [-0.3, -0.25) is 9.52 Å². The van der Waals surface area contributed by atoms with Crippen molar-refractivity contribution in [1.82, 2.24) is 0 Å². The first-order valence-corrected chi connectivity index (χ1v) is 9.43. The number of carboxylic acid groups (broad SMARTS) is 1. The number of sulfonamides is 1. The molecule has 140 valence electrons. The summed E-state index contributed by atoms with van der Waals surface area (Å²) in [4.78, 5) is 10.6. The van der Waals surface area contributed by atoms with Gasteiger partial charge in [-0.15, -0.1) is 0 Å². The minimum atomic E-state index is -3.78. The minimum Gasteiger partial charge on any atom is -0.495 e. The first kappa shape index (κ1) is 19.6. The van der Waals surface area contributed by atoms with E-state index in [-0.39, 0.29) is 17.9 Å². The molecule has 0 aromatic heterocycles. The number of aliphatic carboxylic acids is 1. The van der Waals surface area contributed by atoms with E-state index in [9.17, 15) is 13.2 Å². The Balaban J connectivity index is 2.12. The van der Waals surface area contributed by atoms with Crippen molar-refractivity contribution < 1.29 is 27.8 Å². The lowest BCUT2D eigenvalue weighted by Gasteiger charge is -2.13. The summed E-state index contributed by atoms with van der Waals surface area (Å²) in [6.45, 7) is 1.98. The summed E-state index contributed by atoms with van der Waals surface area (Å²) in [5, 5.41) is 8.61. The molecule has 2 aromatic carbocycles. The first-order valence-electron chi connectivity index (χ1n) is 7.94. The van der Waals surface area contributed by atoms with E-state index in [0.29, 0.717) is 29.2 Å². The highest BCUT2D eigenvalue weighted by molar-refractivity contribution is 7.92. The molecule has 0 aliphatic rings. The van der Waals surface area contributed by atoms with E-state index < -0.39 is 16.0 Å². The molecule has 0 radical (unpaired) electrons. The highest BCUT2D eigenvalue weighted by Crippen LogP contribution is 2.28. The second kappa shape index (κ2) is 8.57. The summed E-state index contributed by atoms with van der Waals surface area (Å²) in [5.74, 6) is 0.0620. The topological polar surface area (TPSA) is 102 Å². The van der Waals surface area contributed by atoms with Crippen molar-refractivity contribution >= 4 is 21.7 Å². The molecule has 8 heteroatoms. The Bertz CT molecular complexity index is 879. The third-order valence-electron chi connectivity index (χ3n) is 3.60. The number of hydrogen-bond acceptors (Lipinski definition) is 5. The Labute approximate surface area is 152 Å². The maximum atomic E-state index is 12.6. The van der Waals surface area contributed by atoms with Crippen LogP contribution in [0.3, 0.4) is 0 Å². The fraction of sp³-hybridized carbons (Fsp3) is 0.278. The summed E-state index contributed by atoms with van der Waals surface area (Å²) in [5.41, 5.74) is 0.991. The third kappa shape index (κ3) is 5.13. The first-order chi connectivity index (χ1) is 12.3. The molecule has 0 heterocycles. The van der Waals surface area contributed by atoms with Crippen LogP contribution in [0.1, 0.15) is 18.4 Å². The third-order valence-corrected chi connectivity index (χ3v) is 4.96. The van der Waals surface area contributed by atoms with Crippen LogP contribution in [0.15, 0.2) is 47.4 Å². The van der Waals surface area contributed by atoms with Crippen LogP contribution in [-0.2, 0) is 14.8 Å². The Kier molecular flexibility index (Phi) is 6.46. The van der Waals surface area contributed by atoms with Gasteiger partial charge in [0, 0.05) is 6.42 Å².